The van der Waals surface area contributed by atoms with Gasteiger partial charge in [-0.25, -0.2) is 9.37 Å². The van der Waals surface area contributed by atoms with Gasteiger partial charge in [0.15, 0.2) is 11.6 Å². The number of rotatable bonds is 5. The molecule has 4 rings (SSSR count). The van der Waals surface area contributed by atoms with Gasteiger partial charge in [-0.1, -0.05) is 12.6 Å². The van der Waals surface area contributed by atoms with Crippen LogP contribution in [0.5, 0.6) is 0 Å². The summed E-state index contributed by atoms with van der Waals surface area (Å²) in [7, 11) is 1.76. The zero-order valence-corrected chi connectivity index (χ0v) is 16.7. The Bertz CT molecular complexity index is 1010. The van der Waals surface area contributed by atoms with Crippen LogP contribution in [0, 0.1) is 5.82 Å². The molecule has 2 aromatic rings. The smallest absolute Gasteiger partial charge is 0.254 e. The molecule has 156 valence electrons. The van der Waals surface area contributed by atoms with Crippen LogP contribution in [0.3, 0.4) is 0 Å². The van der Waals surface area contributed by atoms with Crippen LogP contribution in [-0.4, -0.2) is 57.8 Å². The van der Waals surface area contributed by atoms with E-state index in [1.807, 2.05) is 12.1 Å². The maximum Gasteiger partial charge on any atom is 0.254 e. The van der Waals surface area contributed by atoms with Crippen molar-refractivity contribution in [1.82, 2.24) is 19.8 Å². The largest absolute Gasteiger partial charge is 0.363 e. The van der Waals surface area contributed by atoms with Gasteiger partial charge in [0.25, 0.3) is 5.91 Å². The topological polar surface area (TPSA) is 90.5 Å². The first-order valence-electron chi connectivity index (χ1n) is 9.80. The van der Waals surface area contributed by atoms with Crippen LogP contribution in [0.25, 0.3) is 0 Å². The molecule has 1 aromatic carbocycles. The van der Waals surface area contributed by atoms with Gasteiger partial charge in [-0.3, -0.25) is 9.59 Å². The number of nitrogens with one attached hydrogen (secondary N) is 2. The lowest BCUT2D eigenvalue weighted by molar-refractivity contribution is -0.127. The Morgan fingerprint density at radius 3 is 3.03 bits per heavy atom. The molecule has 1 fully saturated rings. The summed E-state index contributed by atoms with van der Waals surface area (Å²) in [6.07, 6.45) is 3.99. The van der Waals surface area contributed by atoms with Crippen molar-refractivity contribution in [2.75, 3.05) is 30.8 Å². The number of carbonyl (C=O) groups excluding carboxylic acids is 2. The summed E-state index contributed by atoms with van der Waals surface area (Å²) < 4.78 is 14.3. The number of hydrogen-bond acceptors (Lipinski definition) is 6. The highest BCUT2D eigenvalue weighted by molar-refractivity contribution is 5.99. The van der Waals surface area contributed by atoms with Gasteiger partial charge in [0, 0.05) is 44.0 Å². The SMILES string of the molecule is C=CC(=O)N1CCC[C@@H](Nc2nc(Nc3ccc4c(c3)C(=O)N(C)C4)ncc2F)C1. The van der Waals surface area contributed by atoms with E-state index in [0.29, 0.717) is 30.9 Å². The van der Waals surface area contributed by atoms with Gasteiger partial charge in [0.1, 0.15) is 0 Å². The van der Waals surface area contributed by atoms with Crippen molar-refractivity contribution >= 4 is 29.3 Å². The predicted octanol–water partition coefficient (Wildman–Crippen LogP) is 2.53. The van der Waals surface area contributed by atoms with Crippen molar-refractivity contribution in [2.24, 2.45) is 0 Å². The molecule has 1 aromatic heterocycles. The summed E-state index contributed by atoms with van der Waals surface area (Å²) >= 11 is 0. The molecular weight excluding hydrogens is 387 g/mol. The van der Waals surface area contributed by atoms with Crippen LogP contribution in [0.15, 0.2) is 37.1 Å². The lowest BCUT2D eigenvalue weighted by atomic mass is 10.1. The van der Waals surface area contributed by atoms with Crippen molar-refractivity contribution in [1.29, 1.82) is 0 Å². The molecule has 30 heavy (non-hydrogen) atoms. The second kappa shape index (κ2) is 8.10. The van der Waals surface area contributed by atoms with Gasteiger partial charge in [-0.15, -0.1) is 0 Å². The Labute approximate surface area is 173 Å². The van der Waals surface area contributed by atoms with E-state index >= 15 is 0 Å². The normalized spacial score (nSPS) is 18.2. The van der Waals surface area contributed by atoms with Gasteiger partial charge in [0.05, 0.1) is 6.20 Å². The van der Waals surface area contributed by atoms with E-state index in [1.165, 1.54) is 6.08 Å². The molecule has 8 nitrogen and oxygen atoms in total. The number of hydrogen-bond donors (Lipinski definition) is 2. The number of fused-ring (bicyclic) bond motifs is 1. The zero-order valence-electron chi connectivity index (χ0n) is 16.7. The minimum Gasteiger partial charge on any atom is -0.363 e. The van der Waals surface area contributed by atoms with Crippen LogP contribution in [0.4, 0.5) is 21.8 Å². The first kappa shape index (κ1) is 19.8. The van der Waals surface area contributed by atoms with Gasteiger partial charge >= 0.3 is 0 Å². The molecule has 2 amide bonds. The third-order valence-corrected chi connectivity index (χ3v) is 5.34. The second-order valence-corrected chi connectivity index (χ2v) is 7.52. The average Bonchev–Trinajstić information content (AvgIpc) is 3.03. The van der Waals surface area contributed by atoms with Crippen LogP contribution in [0.2, 0.25) is 0 Å². The maximum atomic E-state index is 14.3. The molecule has 1 saturated heterocycles. The van der Waals surface area contributed by atoms with Crippen LogP contribution < -0.4 is 10.6 Å². The zero-order chi connectivity index (χ0) is 21.3. The second-order valence-electron chi connectivity index (χ2n) is 7.52. The number of likely N-dealkylation sites (tertiary alicyclic amines) is 1. The number of nitrogens with zero attached hydrogens (tertiary/aromatic N) is 4. The minimum atomic E-state index is -0.571. The molecule has 0 spiro atoms. The number of benzene rings is 1. The maximum absolute atomic E-state index is 14.3. The highest BCUT2D eigenvalue weighted by Crippen LogP contribution is 2.26. The van der Waals surface area contributed by atoms with E-state index in [4.69, 9.17) is 0 Å². The number of piperidine rings is 1. The Morgan fingerprint density at radius 1 is 1.40 bits per heavy atom. The molecule has 0 saturated carbocycles. The third kappa shape index (κ3) is 3.96. The van der Waals surface area contributed by atoms with Crippen molar-refractivity contribution < 1.29 is 14.0 Å². The fourth-order valence-electron chi connectivity index (χ4n) is 3.80. The third-order valence-electron chi connectivity index (χ3n) is 5.34. The van der Waals surface area contributed by atoms with E-state index in [2.05, 4.69) is 27.2 Å². The molecule has 2 aliphatic heterocycles. The summed E-state index contributed by atoms with van der Waals surface area (Å²) in [5, 5.41) is 6.12. The summed E-state index contributed by atoms with van der Waals surface area (Å²) in [6.45, 7) is 5.22. The van der Waals surface area contributed by atoms with Crippen molar-refractivity contribution in [3.8, 4) is 0 Å². The lowest BCUT2D eigenvalue weighted by Crippen LogP contribution is -2.44. The summed E-state index contributed by atoms with van der Waals surface area (Å²) in [6, 6.07) is 5.36. The van der Waals surface area contributed by atoms with Gasteiger partial charge in [-0.05, 0) is 36.6 Å². The standard InChI is InChI=1S/C21H23FN6O2/c1-3-18(29)28-8-4-5-15(12-28)24-19-17(22)10-23-21(26-19)25-14-7-6-13-11-27(2)20(30)16(13)9-14/h3,6-7,9-10,15H,1,4-5,8,11-12H2,2H3,(H2,23,24,25,26)/t15-/m1/s1. The van der Waals surface area contributed by atoms with E-state index in [9.17, 15) is 14.0 Å². The molecule has 0 bridgehead atoms. The number of carbonyl (C=O) groups is 2. The molecular formula is C21H23FN6O2. The molecule has 2 aliphatic rings. The van der Waals surface area contributed by atoms with Crippen molar-refractivity contribution in [3.63, 3.8) is 0 Å². The molecule has 3 heterocycles. The molecule has 1 atom stereocenters. The average molecular weight is 410 g/mol. The van der Waals surface area contributed by atoms with Crippen LogP contribution >= 0.6 is 0 Å². The minimum absolute atomic E-state index is 0.0352. The fourth-order valence-corrected chi connectivity index (χ4v) is 3.80. The summed E-state index contributed by atoms with van der Waals surface area (Å²) in [5.41, 5.74) is 2.25. The number of amides is 2. The Hall–Kier alpha value is -3.49. The molecule has 2 N–H and O–H groups in total. The predicted molar refractivity (Wildman–Crippen MR) is 111 cm³/mol. The first-order valence-corrected chi connectivity index (χ1v) is 9.80. The quantitative estimate of drug-likeness (QED) is 0.737. The van der Waals surface area contributed by atoms with Gasteiger partial charge in [0.2, 0.25) is 11.9 Å². The molecule has 0 radical (unpaired) electrons. The Kier molecular flexibility index (Phi) is 5.35. The first-order chi connectivity index (χ1) is 14.4. The highest BCUT2D eigenvalue weighted by Gasteiger charge is 2.25. The van der Waals surface area contributed by atoms with E-state index in [1.54, 1.807) is 22.9 Å². The summed E-state index contributed by atoms with van der Waals surface area (Å²) in [5.74, 6) is -0.455. The Balaban J connectivity index is 1.48. The van der Waals surface area contributed by atoms with Crippen LogP contribution in [-0.2, 0) is 11.3 Å². The lowest BCUT2D eigenvalue weighted by Gasteiger charge is -2.32. The summed E-state index contributed by atoms with van der Waals surface area (Å²) in [4.78, 5) is 35.6. The molecule has 0 aliphatic carbocycles. The number of anilines is 3. The van der Waals surface area contributed by atoms with Crippen molar-refractivity contribution in [3.05, 3.63) is 54.0 Å². The number of halogens is 1. The Morgan fingerprint density at radius 2 is 2.23 bits per heavy atom. The van der Waals surface area contributed by atoms with E-state index < -0.39 is 5.82 Å². The van der Waals surface area contributed by atoms with Gasteiger partial charge in [-0.2, -0.15) is 4.98 Å². The highest BCUT2D eigenvalue weighted by atomic mass is 19.1. The number of aromatic nitrogens is 2. The molecule has 9 heteroatoms. The van der Waals surface area contributed by atoms with Crippen molar-refractivity contribution in [2.45, 2.75) is 25.4 Å². The monoisotopic (exact) mass is 410 g/mol. The van der Waals surface area contributed by atoms with E-state index in [0.717, 1.165) is 24.6 Å². The molecule has 0 unspecified atom stereocenters. The van der Waals surface area contributed by atoms with E-state index in [-0.39, 0.29) is 29.6 Å². The fraction of sp³-hybridized carbons (Fsp3) is 0.333. The van der Waals surface area contributed by atoms with Crippen LogP contribution in [0.1, 0.15) is 28.8 Å². The van der Waals surface area contributed by atoms with Gasteiger partial charge < -0.3 is 20.4 Å².